The molecule has 8 heteroatoms. The van der Waals surface area contributed by atoms with Crippen molar-refractivity contribution in [1.29, 1.82) is 0 Å². The van der Waals surface area contributed by atoms with Crippen molar-refractivity contribution in [2.24, 2.45) is 0 Å². The number of carbonyl (C=O) groups excluding carboxylic acids is 1. The van der Waals surface area contributed by atoms with Crippen LogP contribution in [-0.2, 0) is 11.4 Å². The zero-order chi connectivity index (χ0) is 18.4. The fraction of sp³-hybridized carbons (Fsp3) is 0.167. The maximum absolute atomic E-state index is 12.1. The van der Waals surface area contributed by atoms with Crippen LogP contribution in [0.15, 0.2) is 53.7 Å². The van der Waals surface area contributed by atoms with E-state index in [1.54, 1.807) is 18.2 Å². The van der Waals surface area contributed by atoms with E-state index < -0.39 is 0 Å². The molecule has 0 saturated heterocycles. The summed E-state index contributed by atoms with van der Waals surface area (Å²) in [6.07, 6.45) is 0. The third-order valence-electron chi connectivity index (χ3n) is 3.42. The van der Waals surface area contributed by atoms with Crippen molar-refractivity contribution in [2.75, 3.05) is 11.1 Å². The SMILES string of the molecule is Cc1cc(Cl)ccc1NC(=O)CSc1n[nH]c(COc2ccccc2)n1. The second-order valence-electron chi connectivity index (χ2n) is 5.46. The molecule has 0 aliphatic carbocycles. The van der Waals surface area contributed by atoms with E-state index in [4.69, 9.17) is 16.3 Å². The minimum absolute atomic E-state index is 0.132. The van der Waals surface area contributed by atoms with Crippen LogP contribution in [0.4, 0.5) is 5.69 Å². The van der Waals surface area contributed by atoms with Gasteiger partial charge in [-0.15, -0.1) is 5.10 Å². The predicted molar refractivity (Wildman–Crippen MR) is 103 cm³/mol. The minimum Gasteiger partial charge on any atom is -0.486 e. The third kappa shape index (κ3) is 5.24. The fourth-order valence-corrected chi connectivity index (χ4v) is 3.00. The van der Waals surface area contributed by atoms with E-state index >= 15 is 0 Å². The van der Waals surface area contributed by atoms with Gasteiger partial charge in [0.05, 0.1) is 5.75 Å². The lowest BCUT2D eigenvalue weighted by Gasteiger charge is -2.07. The fourth-order valence-electron chi connectivity index (χ4n) is 2.16. The Balaban J connectivity index is 1.47. The number of aromatic nitrogens is 3. The topological polar surface area (TPSA) is 79.9 Å². The van der Waals surface area contributed by atoms with E-state index in [2.05, 4.69) is 20.5 Å². The number of nitrogens with zero attached hydrogens (tertiary/aromatic N) is 2. The maximum Gasteiger partial charge on any atom is 0.234 e. The molecule has 26 heavy (non-hydrogen) atoms. The lowest BCUT2D eigenvalue weighted by atomic mass is 10.2. The number of anilines is 1. The molecule has 0 aliphatic heterocycles. The monoisotopic (exact) mass is 388 g/mol. The van der Waals surface area contributed by atoms with Crippen LogP contribution >= 0.6 is 23.4 Å². The number of ether oxygens (including phenoxy) is 1. The van der Waals surface area contributed by atoms with E-state index in [0.29, 0.717) is 16.0 Å². The molecule has 2 aromatic carbocycles. The number of halogens is 1. The summed E-state index contributed by atoms with van der Waals surface area (Å²) in [6.45, 7) is 2.18. The van der Waals surface area contributed by atoms with Crippen LogP contribution in [0.3, 0.4) is 0 Å². The Kier molecular flexibility index (Phi) is 6.14. The highest BCUT2D eigenvalue weighted by Gasteiger charge is 2.10. The van der Waals surface area contributed by atoms with Gasteiger partial charge in [0.2, 0.25) is 11.1 Å². The molecule has 0 fully saturated rings. The van der Waals surface area contributed by atoms with Crippen LogP contribution in [-0.4, -0.2) is 26.8 Å². The number of nitrogens with one attached hydrogen (secondary N) is 2. The molecule has 1 aromatic heterocycles. The summed E-state index contributed by atoms with van der Waals surface area (Å²) in [7, 11) is 0. The first kappa shape index (κ1) is 18.3. The average molecular weight is 389 g/mol. The molecular formula is C18H17ClN4O2S. The highest BCUT2D eigenvalue weighted by Crippen LogP contribution is 2.20. The Bertz CT molecular complexity index is 886. The molecule has 6 nitrogen and oxygen atoms in total. The lowest BCUT2D eigenvalue weighted by Crippen LogP contribution is -2.14. The van der Waals surface area contributed by atoms with Gasteiger partial charge >= 0.3 is 0 Å². The third-order valence-corrected chi connectivity index (χ3v) is 4.51. The van der Waals surface area contributed by atoms with Gasteiger partial charge in [-0.05, 0) is 42.8 Å². The van der Waals surface area contributed by atoms with E-state index in [1.165, 1.54) is 11.8 Å². The number of carbonyl (C=O) groups is 1. The van der Waals surface area contributed by atoms with E-state index in [0.717, 1.165) is 17.0 Å². The number of rotatable bonds is 7. The average Bonchev–Trinajstić information content (AvgIpc) is 3.09. The Morgan fingerprint density at radius 3 is 2.85 bits per heavy atom. The smallest absolute Gasteiger partial charge is 0.234 e. The van der Waals surface area contributed by atoms with Crippen molar-refractivity contribution in [3.05, 3.63) is 64.9 Å². The van der Waals surface area contributed by atoms with Gasteiger partial charge in [0.25, 0.3) is 0 Å². The van der Waals surface area contributed by atoms with E-state index in [-0.39, 0.29) is 18.3 Å². The molecule has 2 N–H and O–H groups in total. The van der Waals surface area contributed by atoms with Crippen LogP contribution < -0.4 is 10.1 Å². The van der Waals surface area contributed by atoms with Crippen molar-refractivity contribution >= 4 is 35.0 Å². The highest BCUT2D eigenvalue weighted by atomic mass is 35.5. The number of hydrogen-bond acceptors (Lipinski definition) is 5. The quantitative estimate of drug-likeness (QED) is 0.596. The number of aromatic amines is 1. The second-order valence-corrected chi connectivity index (χ2v) is 6.84. The summed E-state index contributed by atoms with van der Waals surface area (Å²) < 4.78 is 5.60. The number of amides is 1. The van der Waals surface area contributed by atoms with Crippen molar-refractivity contribution in [3.63, 3.8) is 0 Å². The summed E-state index contributed by atoms with van der Waals surface area (Å²) in [6, 6.07) is 14.8. The van der Waals surface area contributed by atoms with Crippen molar-refractivity contribution in [1.82, 2.24) is 15.2 Å². The first-order chi connectivity index (χ1) is 12.6. The van der Waals surface area contributed by atoms with Gasteiger partial charge in [0, 0.05) is 10.7 Å². The van der Waals surface area contributed by atoms with Crippen LogP contribution in [0, 0.1) is 6.92 Å². The zero-order valence-corrected chi connectivity index (χ0v) is 15.6. The highest BCUT2D eigenvalue weighted by molar-refractivity contribution is 7.99. The Morgan fingerprint density at radius 2 is 2.08 bits per heavy atom. The standard InChI is InChI=1S/C18H17ClN4O2S/c1-12-9-13(19)7-8-15(12)20-17(24)11-26-18-21-16(22-23-18)10-25-14-5-3-2-4-6-14/h2-9H,10-11H2,1H3,(H,20,24)(H,21,22,23). The van der Waals surface area contributed by atoms with E-state index in [1.807, 2.05) is 37.3 Å². The lowest BCUT2D eigenvalue weighted by molar-refractivity contribution is -0.113. The van der Waals surface area contributed by atoms with Crippen molar-refractivity contribution in [2.45, 2.75) is 18.7 Å². The van der Waals surface area contributed by atoms with E-state index in [9.17, 15) is 4.79 Å². The number of para-hydroxylation sites is 1. The Labute approximate surface area is 160 Å². The first-order valence-corrected chi connectivity index (χ1v) is 9.24. The number of aryl methyl sites for hydroxylation is 1. The van der Waals surface area contributed by atoms with Gasteiger partial charge in [-0.1, -0.05) is 41.6 Å². The molecule has 0 radical (unpaired) electrons. The summed E-state index contributed by atoms with van der Waals surface area (Å²) in [5.41, 5.74) is 1.65. The molecule has 0 atom stereocenters. The van der Waals surface area contributed by atoms with Gasteiger partial charge in [0.1, 0.15) is 12.4 Å². The largest absolute Gasteiger partial charge is 0.486 e. The molecule has 134 valence electrons. The molecule has 0 spiro atoms. The van der Waals surface area contributed by atoms with Crippen molar-refractivity contribution < 1.29 is 9.53 Å². The van der Waals surface area contributed by atoms with Gasteiger partial charge in [-0.2, -0.15) is 0 Å². The number of H-pyrrole nitrogens is 1. The molecule has 3 aromatic rings. The second kappa shape index (κ2) is 8.73. The minimum atomic E-state index is -0.132. The first-order valence-electron chi connectivity index (χ1n) is 7.88. The van der Waals surface area contributed by atoms with Crippen LogP contribution in [0.25, 0.3) is 0 Å². The summed E-state index contributed by atoms with van der Waals surface area (Å²) in [4.78, 5) is 16.4. The zero-order valence-electron chi connectivity index (χ0n) is 14.0. The van der Waals surface area contributed by atoms with Gasteiger partial charge in [-0.3, -0.25) is 9.89 Å². The van der Waals surface area contributed by atoms with Gasteiger partial charge in [-0.25, -0.2) is 4.98 Å². The predicted octanol–water partition coefficient (Wildman–Crippen LogP) is 4.08. The van der Waals surface area contributed by atoms with Crippen LogP contribution in [0.5, 0.6) is 5.75 Å². The molecule has 3 rings (SSSR count). The molecule has 0 bridgehead atoms. The molecular weight excluding hydrogens is 372 g/mol. The van der Waals surface area contributed by atoms with Gasteiger partial charge < -0.3 is 10.1 Å². The normalized spacial score (nSPS) is 10.5. The maximum atomic E-state index is 12.1. The summed E-state index contributed by atoms with van der Waals surface area (Å²) in [5.74, 6) is 1.44. The number of thioether (sulfide) groups is 1. The Morgan fingerprint density at radius 1 is 1.27 bits per heavy atom. The molecule has 0 unspecified atom stereocenters. The number of benzene rings is 2. The summed E-state index contributed by atoms with van der Waals surface area (Å²) >= 11 is 7.17. The van der Waals surface area contributed by atoms with Crippen molar-refractivity contribution in [3.8, 4) is 5.75 Å². The molecule has 1 amide bonds. The van der Waals surface area contributed by atoms with Crippen LogP contribution in [0.1, 0.15) is 11.4 Å². The molecule has 0 aliphatic rings. The Hall–Kier alpha value is -2.51. The van der Waals surface area contributed by atoms with Gasteiger partial charge in [0.15, 0.2) is 5.82 Å². The number of hydrogen-bond donors (Lipinski definition) is 2. The van der Waals surface area contributed by atoms with Crippen LogP contribution in [0.2, 0.25) is 5.02 Å². The summed E-state index contributed by atoms with van der Waals surface area (Å²) in [5, 5.41) is 10.9. The molecule has 0 saturated carbocycles. The molecule has 1 heterocycles.